The molecule has 0 spiro atoms. The summed E-state index contributed by atoms with van der Waals surface area (Å²) in [5, 5.41) is 45.8. The number of esters is 3. The second-order valence-corrected chi connectivity index (χ2v) is 27.1. The number of ether oxygens (including phenoxy) is 9. The predicted molar refractivity (Wildman–Crippen MR) is 398 cm³/mol. The van der Waals surface area contributed by atoms with E-state index in [0.29, 0.717) is 90.2 Å². The van der Waals surface area contributed by atoms with E-state index in [4.69, 9.17) is 47.7 Å². The van der Waals surface area contributed by atoms with Gasteiger partial charge < -0.3 is 63.1 Å². The first-order valence-corrected chi connectivity index (χ1v) is 34.0. The Kier molecular flexibility index (Phi) is 23.6. The summed E-state index contributed by atoms with van der Waals surface area (Å²) in [5.41, 5.74) is 1.30. The second kappa shape index (κ2) is 31.1. The van der Waals surface area contributed by atoms with Crippen LogP contribution < -0.4 is 63.1 Å². The smallest absolute Gasteiger partial charge is 0.857 e. The first-order chi connectivity index (χ1) is 49.9. The van der Waals surface area contributed by atoms with Crippen molar-refractivity contribution in [2.24, 2.45) is 11.8 Å². The van der Waals surface area contributed by atoms with Crippen molar-refractivity contribution in [2.45, 2.75) is 115 Å². The maximum Gasteiger partial charge on any atom is 1.00 e. The largest absolute Gasteiger partial charge is 1.00 e. The van der Waals surface area contributed by atoms with Crippen LogP contribution in [0.3, 0.4) is 0 Å². The molecule has 0 radical (unpaired) electrons. The summed E-state index contributed by atoms with van der Waals surface area (Å²) in [6.07, 6.45) is 0. The van der Waals surface area contributed by atoms with Crippen LogP contribution in [0.15, 0.2) is 211 Å². The molecule has 18 nitrogen and oxygen atoms in total. The third-order valence-electron chi connectivity index (χ3n) is 21.6. The standard InChI is InChI=1S/C29H28O5.2C28H26O6.CH3O.2CH4.Na/c1-17-15-18(2)25-23(16-17)34-29(21-11-13-22(32-4)14-12-21)26(20-9-7-6-8-10-20)24(27(30)33-5)19(3)28(25,29)31;1-16-14-17(2)23-21(15-16)34-28(19-10-12-20(32-3)13-11-19)24(18-8-6-5-7-9-18)22(26(30)33-4)25(29)27(23,28)31;1-16-14-17(2)22-21(15-16)34-28(19-10-12-20(32-3)13-11-19)23(18-8-6-5-7-9-18)24(25(29)33-4)27(22,31)26(28)30;1-2;;;/h6-16,26,31H,1-5H3;5-15,22,24,31H,1-4H3;5-15,23-24,31H,1-4H3;1H3;2*1H4;/q;;;-1;;;+1/t26-,28-,29+;22-,24-,27+,28+;23-,24+,27+,28+;;;;/m111..../s1. The number of carbonyl (C=O) groups is 5. The van der Waals surface area contributed by atoms with E-state index in [1.165, 1.54) is 21.3 Å². The average molecular weight is 1460 g/mol. The minimum Gasteiger partial charge on any atom is -0.857 e. The number of hydrogen-bond donors (Lipinski definition) is 3. The second-order valence-electron chi connectivity index (χ2n) is 27.1. The van der Waals surface area contributed by atoms with E-state index >= 15 is 0 Å². The fourth-order valence-corrected chi connectivity index (χ4v) is 17.6. The van der Waals surface area contributed by atoms with Gasteiger partial charge in [0.05, 0.1) is 66.0 Å². The quantitative estimate of drug-likeness (QED) is 0.0445. The Morgan fingerprint density at radius 2 is 0.804 bits per heavy atom. The number of benzene rings is 9. The van der Waals surface area contributed by atoms with Gasteiger partial charge in [-0.25, -0.2) is 4.79 Å². The van der Waals surface area contributed by atoms with Gasteiger partial charge in [0.25, 0.3) is 0 Å². The summed E-state index contributed by atoms with van der Waals surface area (Å²) in [6.45, 7) is 13.3. The number of aryl methyl sites for hydroxylation is 6. The molecule has 0 saturated heterocycles. The first-order valence-electron chi connectivity index (χ1n) is 34.0. The average Bonchev–Trinajstić information content (AvgIpc) is 1.51. The molecule has 2 saturated carbocycles. The summed E-state index contributed by atoms with van der Waals surface area (Å²) >= 11 is 0. The monoisotopic (exact) mass is 1460 g/mol. The van der Waals surface area contributed by atoms with Gasteiger partial charge in [0.1, 0.15) is 46.3 Å². The van der Waals surface area contributed by atoms with Gasteiger partial charge in [0, 0.05) is 33.4 Å². The van der Waals surface area contributed by atoms with Crippen LogP contribution >= 0.6 is 0 Å². The van der Waals surface area contributed by atoms with Gasteiger partial charge in [0.15, 0.2) is 33.8 Å². The zero-order chi connectivity index (χ0) is 74.8. The third-order valence-corrected chi connectivity index (χ3v) is 21.6. The van der Waals surface area contributed by atoms with Crippen LogP contribution in [-0.4, -0.2) is 94.6 Å². The number of carbonyl (C=O) groups excluding carboxylic acids is 5. The Hall–Kier alpha value is -9.89. The molecule has 2 fully saturated rings. The van der Waals surface area contributed by atoms with Gasteiger partial charge in [-0.3, -0.25) is 19.2 Å². The van der Waals surface area contributed by atoms with Crippen molar-refractivity contribution < 1.29 is 117 Å². The van der Waals surface area contributed by atoms with Crippen LogP contribution in [-0.2, 0) is 71.8 Å². The van der Waals surface area contributed by atoms with E-state index in [1.54, 1.807) is 75.9 Å². The fraction of sp³-hybridized carbons (Fsp3) is 0.307. The van der Waals surface area contributed by atoms with Gasteiger partial charge in [-0.15, -0.1) is 0 Å². The molecule has 0 unspecified atom stereocenters. The molecule has 3 heterocycles. The molecule has 3 N–H and O–H groups in total. The van der Waals surface area contributed by atoms with Crippen LogP contribution in [0.4, 0.5) is 0 Å². The number of fused-ring (bicyclic) bond motifs is 10. The Bertz CT molecular complexity index is 4820. The van der Waals surface area contributed by atoms with E-state index in [-0.39, 0.29) is 44.4 Å². The molecule has 9 aromatic rings. The Labute approximate surface area is 647 Å². The van der Waals surface area contributed by atoms with Crippen molar-refractivity contribution in [3.8, 4) is 34.5 Å². The summed E-state index contributed by atoms with van der Waals surface area (Å²) < 4.78 is 51.7. The van der Waals surface area contributed by atoms with Gasteiger partial charge in [-0.05, 0) is 159 Å². The number of ketones is 2. The van der Waals surface area contributed by atoms with Gasteiger partial charge in [0.2, 0.25) is 11.4 Å². The maximum absolute atomic E-state index is 14.4. The van der Waals surface area contributed by atoms with Crippen molar-refractivity contribution in [1.82, 2.24) is 0 Å². The fourth-order valence-electron chi connectivity index (χ4n) is 17.6. The van der Waals surface area contributed by atoms with Crippen molar-refractivity contribution in [3.05, 3.63) is 295 Å². The molecule has 9 aromatic carbocycles. The van der Waals surface area contributed by atoms with Crippen LogP contribution in [0, 0.1) is 53.4 Å². The molecule has 6 aliphatic rings. The topological polar surface area (TPSA) is 252 Å². The zero-order valence-corrected chi connectivity index (χ0v) is 63.4. The molecule has 0 amide bonds. The number of hydrogen-bond acceptors (Lipinski definition) is 18. The molecular weight excluding hydrogens is 1370 g/mol. The molecule has 2 bridgehead atoms. The number of aliphatic hydroxyl groups is 3. The van der Waals surface area contributed by atoms with Crippen LogP contribution in [0.5, 0.6) is 34.5 Å². The van der Waals surface area contributed by atoms with E-state index < -0.39 is 92.7 Å². The van der Waals surface area contributed by atoms with Crippen molar-refractivity contribution in [3.63, 3.8) is 0 Å². The molecule has 107 heavy (non-hydrogen) atoms. The van der Waals surface area contributed by atoms with Crippen LogP contribution in [0.25, 0.3) is 0 Å². The Morgan fingerprint density at radius 1 is 0.430 bits per heavy atom. The molecule has 15 rings (SSSR count). The number of Topliss-reactive ketones (excluding diaryl/α,β-unsaturated/α-hetero) is 2. The van der Waals surface area contributed by atoms with Crippen LogP contribution in [0.1, 0.15) is 123 Å². The Balaban J connectivity index is 0.000000181. The summed E-state index contributed by atoms with van der Waals surface area (Å²) in [4.78, 5) is 68.2. The van der Waals surface area contributed by atoms with E-state index in [1.807, 2.05) is 194 Å². The first kappa shape index (κ1) is 81.2. The van der Waals surface area contributed by atoms with Crippen molar-refractivity contribution in [1.29, 1.82) is 0 Å². The molecule has 3 aliphatic heterocycles. The van der Waals surface area contributed by atoms with E-state index in [2.05, 4.69) is 0 Å². The van der Waals surface area contributed by atoms with Gasteiger partial charge >= 0.3 is 47.5 Å². The summed E-state index contributed by atoms with van der Waals surface area (Å²) in [7, 11) is 9.37. The molecule has 11 atom stereocenters. The van der Waals surface area contributed by atoms with Crippen LogP contribution in [0.2, 0.25) is 0 Å². The summed E-state index contributed by atoms with van der Waals surface area (Å²) in [5.74, 6) is -4.41. The minimum absolute atomic E-state index is 0. The molecular formula is C88H91NaO18. The zero-order valence-electron chi connectivity index (χ0n) is 61.4. The molecule has 552 valence electrons. The number of methoxy groups -OCH3 is 6. The van der Waals surface area contributed by atoms with E-state index in [9.17, 15) is 39.3 Å². The van der Waals surface area contributed by atoms with Crippen molar-refractivity contribution >= 4 is 29.5 Å². The molecule has 19 heteroatoms. The summed E-state index contributed by atoms with van der Waals surface area (Å²) in [6, 6.07) is 61.1. The predicted octanol–water partition coefficient (Wildman–Crippen LogP) is 10.2. The SMILES string of the molecule is C.C.COC(=O)C1=C(C)[C@@]2(O)c3c(C)cc(C)cc3O[C@@]2(c2ccc(OC)cc2)[C@@H]1c1ccccc1.COC(=O)[C@@H]1[C@@H](c2ccccc2)[C@]2(c3ccc(OC)cc3)Oc3cc(C)cc(C)c3[C@@]1(O)C2=O.COC(=O)[C@H]1C(=O)[C@@]2(O)c3c(C)cc(C)cc3O[C@@]2(c2ccc(OC)cc2)[C@@H]1c1ccccc1.C[O-].[Na+]. The number of rotatable bonds is 12. The van der Waals surface area contributed by atoms with Gasteiger partial charge in [-0.2, -0.15) is 7.11 Å². The normalized spacial score (nSPS) is 25.2. The van der Waals surface area contributed by atoms with E-state index in [0.717, 1.165) is 46.1 Å². The molecule has 3 aliphatic carbocycles. The minimum atomic E-state index is -2.13. The molecule has 0 aromatic heterocycles. The Morgan fingerprint density at radius 3 is 1.22 bits per heavy atom. The van der Waals surface area contributed by atoms with Crippen molar-refractivity contribution in [2.75, 3.05) is 49.8 Å². The van der Waals surface area contributed by atoms with Gasteiger partial charge in [-0.1, -0.05) is 160 Å². The maximum atomic E-state index is 14.4. The third kappa shape index (κ3) is 12.1.